The molecule has 2 heterocycles. The van der Waals surface area contributed by atoms with Crippen LogP contribution in [0.2, 0.25) is 5.02 Å². The van der Waals surface area contributed by atoms with Crippen molar-refractivity contribution in [3.63, 3.8) is 0 Å². The quantitative estimate of drug-likeness (QED) is 0.402. The van der Waals surface area contributed by atoms with Crippen LogP contribution in [0.4, 0.5) is 10.1 Å². The molecule has 2 aromatic heterocycles. The largest absolute Gasteiger partial charge is 0.336 e. The number of aromatic nitrogens is 2. The lowest BCUT2D eigenvalue weighted by Gasteiger charge is -2.13. The Labute approximate surface area is 195 Å². The molecular formula is C24H15ClFN3O3S. The summed E-state index contributed by atoms with van der Waals surface area (Å²) in [5.41, 5.74) is -0.0605. The van der Waals surface area contributed by atoms with Crippen molar-refractivity contribution >= 4 is 54.8 Å². The maximum absolute atomic E-state index is 13.5. The van der Waals surface area contributed by atoms with Gasteiger partial charge < -0.3 is 5.32 Å². The number of carbonyl (C=O) groups is 1. The number of halogens is 2. The maximum Gasteiger partial charge on any atom is 0.336 e. The molecule has 6 nitrogen and oxygen atoms in total. The van der Waals surface area contributed by atoms with Crippen molar-refractivity contribution in [3.8, 4) is 5.69 Å². The number of fused-ring (bicyclic) bond motifs is 3. The third kappa shape index (κ3) is 3.83. The molecule has 0 atom stereocenters. The summed E-state index contributed by atoms with van der Waals surface area (Å²) in [4.78, 5) is 39.7. The number of nitrogens with zero attached hydrogens (tertiary/aromatic N) is 2. The van der Waals surface area contributed by atoms with Crippen LogP contribution < -0.4 is 16.6 Å². The molecule has 0 unspecified atom stereocenters. The van der Waals surface area contributed by atoms with Crippen molar-refractivity contribution < 1.29 is 9.18 Å². The summed E-state index contributed by atoms with van der Waals surface area (Å²) >= 11 is 7.14. The van der Waals surface area contributed by atoms with Gasteiger partial charge in [0.2, 0.25) is 5.91 Å². The van der Waals surface area contributed by atoms with E-state index in [-0.39, 0.29) is 12.2 Å². The fraction of sp³-hybridized carbons (Fsp3) is 0.0417. The Bertz CT molecular complexity index is 1640. The van der Waals surface area contributed by atoms with Crippen molar-refractivity contribution in [1.82, 2.24) is 9.13 Å². The Hall–Kier alpha value is -3.75. The molecule has 5 aromatic rings. The Morgan fingerprint density at radius 1 is 0.970 bits per heavy atom. The molecule has 33 heavy (non-hydrogen) atoms. The lowest BCUT2D eigenvalue weighted by Crippen LogP contribution is -2.40. The normalized spacial score (nSPS) is 11.2. The molecule has 0 aliphatic heterocycles. The van der Waals surface area contributed by atoms with Gasteiger partial charge in [-0.15, -0.1) is 11.3 Å². The van der Waals surface area contributed by atoms with Gasteiger partial charge in [-0.1, -0.05) is 29.8 Å². The zero-order valence-corrected chi connectivity index (χ0v) is 18.5. The minimum atomic E-state index is -0.686. The predicted molar refractivity (Wildman–Crippen MR) is 129 cm³/mol. The summed E-state index contributed by atoms with van der Waals surface area (Å²) in [7, 11) is 0. The van der Waals surface area contributed by atoms with E-state index < -0.39 is 23.0 Å². The molecule has 0 saturated heterocycles. The molecule has 0 aliphatic rings. The van der Waals surface area contributed by atoms with Crippen molar-refractivity contribution in [1.29, 1.82) is 0 Å². The third-order valence-corrected chi connectivity index (χ3v) is 6.57. The second-order valence-corrected chi connectivity index (χ2v) is 8.81. The van der Waals surface area contributed by atoms with Crippen LogP contribution in [0.1, 0.15) is 0 Å². The van der Waals surface area contributed by atoms with E-state index in [0.717, 1.165) is 9.27 Å². The molecule has 0 aliphatic carbocycles. The number of anilines is 1. The second kappa shape index (κ2) is 8.31. The number of nitrogens with one attached hydrogen (secondary N) is 1. The number of hydrogen-bond donors (Lipinski definition) is 1. The molecular weight excluding hydrogens is 465 g/mol. The highest BCUT2D eigenvalue weighted by Crippen LogP contribution is 2.31. The number of hydrogen-bond acceptors (Lipinski definition) is 4. The first kappa shape index (κ1) is 21.1. The van der Waals surface area contributed by atoms with Gasteiger partial charge in [0, 0.05) is 20.8 Å². The molecule has 1 N–H and O–H groups in total. The van der Waals surface area contributed by atoms with Crippen LogP contribution in [0.25, 0.3) is 26.0 Å². The van der Waals surface area contributed by atoms with E-state index >= 15 is 0 Å². The average molecular weight is 480 g/mol. The molecule has 3 aromatic carbocycles. The molecule has 9 heteroatoms. The fourth-order valence-corrected chi connectivity index (χ4v) is 4.95. The molecule has 0 bridgehead atoms. The van der Waals surface area contributed by atoms with E-state index in [1.165, 1.54) is 40.2 Å². The molecule has 5 rings (SSSR count). The highest BCUT2D eigenvalue weighted by Gasteiger charge is 2.20. The van der Waals surface area contributed by atoms with Gasteiger partial charge in [-0.2, -0.15) is 0 Å². The number of carbonyl (C=O) groups excluding carboxylic acids is 1. The zero-order valence-electron chi connectivity index (χ0n) is 16.9. The van der Waals surface area contributed by atoms with Gasteiger partial charge in [-0.25, -0.2) is 13.8 Å². The van der Waals surface area contributed by atoms with Crippen molar-refractivity contribution in [2.45, 2.75) is 6.54 Å². The predicted octanol–water partition coefficient (Wildman–Crippen LogP) is 4.80. The Kier molecular flexibility index (Phi) is 5.32. The van der Waals surface area contributed by atoms with Crippen LogP contribution >= 0.6 is 22.9 Å². The molecule has 1 amide bonds. The smallest absolute Gasteiger partial charge is 0.325 e. The second-order valence-electron chi connectivity index (χ2n) is 7.32. The monoisotopic (exact) mass is 479 g/mol. The molecule has 164 valence electrons. The van der Waals surface area contributed by atoms with E-state index in [1.54, 1.807) is 24.3 Å². The third-order valence-electron chi connectivity index (χ3n) is 5.17. The summed E-state index contributed by atoms with van der Waals surface area (Å²) in [5, 5.41) is 3.98. The number of thiophene rings is 1. The highest BCUT2D eigenvalue weighted by molar-refractivity contribution is 7.25. The van der Waals surface area contributed by atoms with Crippen LogP contribution in [-0.4, -0.2) is 15.0 Å². The van der Waals surface area contributed by atoms with Crippen LogP contribution in [0, 0.1) is 5.82 Å². The summed E-state index contributed by atoms with van der Waals surface area (Å²) in [5.74, 6) is -0.933. The van der Waals surface area contributed by atoms with Gasteiger partial charge >= 0.3 is 5.69 Å². The SMILES string of the molecule is O=C(Cn1c(=O)n(-c2ccc(F)cc2)c(=O)c2sc3ccccc3c21)Nc1ccc(Cl)cc1. The van der Waals surface area contributed by atoms with Gasteiger partial charge in [-0.3, -0.25) is 14.2 Å². The van der Waals surface area contributed by atoms with Crippen molar-refractivity contribution in [2.24, 2.45) is 0 Å². The van der Waals surface area contributed by atoms with Gasteiger partial charge in [-0.05, 0) is 54.6 Å². The molecule has 0 saturated carbocycles. The van der Waals surface area contributed by atoms with Crippen molar-refractivity contribution in [2.75, 3.05) is 5.32 Å². The van der Waals surface area contributed by atoms with E-state index in [4.69, 9.17) is 11.6 Å². The Morgan fingerprint density at radius 2 is 1.67 bits per heavy atom. The van der Waals surface area contributed by atoms with Crippen LogP contribution in [0.15, 0.2) is 82.4 Å². The van der Waals surface area contributed by atoms with Gasteiger partial charge in [0.25, 0.3) is 5.56 Å². The maximum atomic E-state index is 13.5. The number of benzene rings is 3. The molecule has 0 radical (unpaired) electrons. The van der Waals surface area contributed by atoms with Crippen LogP contribution in [-0.2, 0) is 11.3 Å². The van der Waals surface area contributed by atoms with Gasteiger partial charge in [0.15, 0.2) is 0 Å². The summed E-state index contributed by atoms with van der Waals surface area (Å²) < 4.78 is 16.8. The molecule has 0 spiro atoms. The fourth-order valence-electron chi connectivity index (χ4n) is 3.69. The topological polar surface area (TPSA) is 73.1 Å². The number of amides is 1. The summed E-state index contributed by atoms with van der Waals surface area (Å²) in [6, 6.07) is 19.0. The minimum Gasteiger partial charge on any atom is -0.325 e. The Balaban J connectivity index is 1.71. The van der Waals surface area contributed by atoms with Crippen LogP contribution in [0.3, 0.4) is 0 Å². The highest BCUT2D eigenvalue weighted by atomic mass is 35.5. The first-order valence-corrected chi connectivity index (χ1v) is 11.1. The minimum absolute atomic E-state index is 0.220. The Morgan fingerprint density at radius 3 is 2.39 bits per heavy atom. The van der Waals surface area contributed by atoms with E-state index in [0.29, 0.717) is 26.3 Å². The standard InChI is InChI=1S/C24H15ClFN3O3S/c25-14-5-9-16(10-6-14)27-20(30)13-28-21-18-3-1-2-4-19(18)33-22(21)23(31)29(24(28)32)17-11-7-15(26)8-12-17/h1-12H,13H2,(H,27,30). The van der Waals surface area contributed by atoms with E-state index in [2.05, 4.69) is 5.32 Å². The van der Waals surface area contributed by atoms with E-state index in [1.807, 2.05) is 24.3 Å². The first-order chi connectivity index (χ1) is 15.9. The zero-order chi connectivity index (χ0) is 23.1. The van der Waals surface area contributed by atoms with Crippen molar-refractivity contribution in [3.05, 3.63) is 104 Å². The number of rotatable bonds is 4. The average Bonchev–Trinajstić information content (AvgIpc) is 3.19. The first-order valence-electron chi connectivity index (χ1n) is 9.91. The van der Waals surface area contributed by atoms with Crippen LogP contribution in [0.5, 0.6) is 0 Å². The molecule has 0 fully saturated rings. The van der Waals surface area contributed by atoms with Gasteiger partial charge in [0.05, 0.1) is 11.2 Å². The van der Waals surface area contributed by atoms with E-state index in [9.17, 15) is 18.8 Å². The summed E-state index contributed by atoms with van der Waals surface area (Å²) in [6.07, 6.45) is 0. The lowest BCUT2D eigenvalue weighted by molar-refractivity contribution is -0.116. The lowest BCUT2D eigenvalue weighted by atomic mass is 10.2. The summed E-state index contributed by atoms with van der Waals surface area (Å²) in [6.45, 7) is -0.319. The van der Waals surface area contributed by atoms with Gasteiger partial charge in [0.1, 0.15) is 17.1 Å².